The third-order valence-corrected chi connectivity index (χ3v) is 6.89. The third kappa shape index (κ3) is 6.36. The van der Waals surface area contributed by atoms with Gasteiger partial charge in [-0.15, -0.1) is 0 Å². The second-order valence-electron chi connectivity index (χ2n) is 8.00. The van der Waals surface area contributed by atoms with Crippen LogP contribution in [0.4, 0.5) is 11.4 Å². The van der Waals surface area contributed by atoms with Crippen molar-refractivity contribution < 1.29 is 18.0 Å². The van der Waals surface area contributed by atoms with Gasteiger partial charge in [0.05, 0.1) is 21.8 Å². The molecule has 0 radical (unpaired) electrons. The summed E-state index contributed by atoms with van der Waals surface area (Å²) in [6.45, 7) is 3.96. The smallest absolute Gasteiger partial charge is 0.264 e. The van der Waals surface area contributed by atoms with Crippen molar-refractivity contribution in [1.29, 1.82) is 0 Å². The number of amides is 2. The van der Waals surface area contributed by atoms with Gasteiger partial charge in [0.25, 0.3) is 15.9 Å². The summed E-state index contributed by atoms with van der Waals surface area (Å²) in [5, 5.41) is 5.91. The van der Waals surface area contributed by atoms with Crippen LogP contribution in [0.2, 0.25) is 5.02 Å². The van der Waals surface area contributed by atoms with Crippen LogP contribution in [0, 0.1) is 5.92 Å². The van der Waals surface area contributed by atoms with Crippen LogP contribution in [0.25, 0.3) is 0 Å². The normalized spacial score (nSPS) is 11.2. The van der Waals surface area contributed by atoms with Crippen molar-refractivity contribution in [2.45, 2.75) is 18.7 Å². The molecule has 9 heteroatoms. The Labute approximate surface area is 204 Å². The van der Waals surface area contributed by atoms with Gasteiger partial charge in [0.2, 0.25) is 5.91 Å². The molecule has 2 amide bonds. The first kappa shape index (κ1) is 25.3. The van der Waals surface area contributed by atoms with Crippen molar-refractivity contribution in [2.24, 2.45) is 5.92 Å². The molecule has 7 nitrogen and oxygen atoms in total. The molecular weight excluding hydrogens is 474 g/mol. The molecule has 0 fully saturated rings. The monoisotopic (exact) mass is 499 g/mol. The highest BCUT2D eigenvalue weighted by Crippen LogP contribution is 2.25. The summed E-state index contributed by atoms with van der Waals surface area (Å²) in [5.41, 5.74) is 0.921. The largest absolute Gasteiger partial charge is 0.352 e. The second-order valence-corrected chi connectivity index (χ2v) is 10.3. The van der Waals surface area contributed by atoms with Gasteiger partial charge in [-0.3, -0.25) is 13.9 Å². The lowest BCUT2D eigenvalue weighted by molar-refractivity contribution is -0.114. The van der Waals surface area contributed by atoms with Crippen molar-refractivity contribution in [2.75, 3.05) is 22.7 Å². The van der Waals surface area contributed by atoms with Gasteiger partial charge in [0, 0.05) is 11.6 Å². The summed E-state index contributed by atoms with van der Waals surface area (Å²) < 4.78 is 27.8. The number of halogens is 1. The number of hydrogen-bond donors (Lipinski definition) is 2. The lowest BCUT2D eigenvalue weighted by Gasteiger charge is -2.24. The van der Waals surface area contributed by atoms with Gasteiger partial charge < -0.3 is 10.6 Å². The molecule has 2 N–H and O–H groups in total. The lowest BCUT2D eigenvalue weighted by Crippen LogP contribution is -2.38. The van der Waals surface area contributed by atoms with E-state index >= 15 is 0 Å². The molecule has 3 rings (SSSR count). The van der Waals surface area contributed by atoms with Gasteiger partial charge in [-0.2, -0.15) is 0 Å². The predicted molar refractivity (Wildman–Crippen MR) is 135 cm³/mol. The SMILES string of the molecule is CC(C)CNC(=O)c1ccccc1NC(=O)CN(c1ccccc1)S(=O)(=O)c1ccc(Cl)cc1. The zero-order chi connectivity index (χ0) is 24.7. The summed E-state index contributed by atoms with van der Waals surface area (Å²) >= 11 is 5.91. The molecule has 0 aliphatic heterocycles. The summed E-state index contributed by atoms with van der Waals surface area (Å²) in [5.74, 6) is -0.646. The first-order valence-electron chi connectivity index (χ1n) is 10.7. The zero-order valence-electron chi connectivity index (χ0n) is 18.9. The number of nitrogens with one attached hydrogen (secondary N) is 2. The van der Waals surface area contributed by atoms with Crippen molar-refractivity contribution in [3.8, 4) is 0 Å². The highest BCUT2D eigenvalue weighted by molar-refractivity contribution is 7.92. The van der Waals surface area contributed by atoms with E-state index in [2.05, 4.69) is 10.6 Å². The van der Waals surface area contributed by atoms with Crippen LogP contribution in [-0.2, 0) is 14.8 Å². The molecule has 0 aliphatic carbocycles. The van der Waals surface area contributed by atoms with Crippen molar-refractivity contribution in [3.63, 3.8) is 0 Å². The van der Waals surface area contributed by atoms with E-state index in [1.54, 1.807) is 54.6 Å². The molecule has 0 bridgehead atoms. The Kier molecular flexibility index (Phi) is 8.31. The number of nitrogens with zero attached hydrogens (tertiary/aromatic N) is 1. The Bertz CT molecular complexity index is 1250. The summed E-state index contributed by atoms with van der Waals surface area (Å²) in [7, 11) is -4.07. The molecule has 3 aromatic carbocycles. The number of carbonyl (C=O) groups excluding carboxylic acids is 2. The number of sulfonamides is 1. The maximum absolute atomic E-state index is 13.4. The summed E-state index contributed by atoms with van der Waals surface area (Å²) in [6, 6.07) is 20.7. The fraction of sp³-hybridized carbons (Fsp3) is 0.200. The molecule has 0 spiro atoms. The first-order valence-corrected chi connectivity index (χ1v) is 12.5. The molecule has 0 aliphatic rings. The topological polar surface area (TPSA) is 95.6 Å². The zero-order valence-corrected chi connectivity index (χ0v) is 20.4. The number of para-hydroxylation sites is 2. The van der Waals surface area contributed by atoms with Crippen LogP contribution in [0.15, 0.2) is 83.8 Å². The molecule has 0 saturated heterocycles. The molecule has 178 valence electrons. The molecule has 0 heterocycles. The van der Waals surface area contributed by atoms with Gasteiger partial charge in [-0.1, -0.05) is 55.8 Å². The van der Waals surface area contributed by atoms with E-state index in [0.29, 0.717) is 28.5 Å². The van der Waals surface area contributed by atoms with E-state index in [-0.39, 0.29) is 16.7 Å². The molecule has 0 atom stereocenters. The Balaban J connectivity index is 1.87. The average Bonchev–Trinajstić information content (AvgIpc) is 2.82. The Morgan fingerprint density at radius 3 is 2.18 bits per heavy atom. The van der Waals surface area contributed by atoms with E-state index in [4.69, 9.17) is 11.6 Å². The van der Waals surface area contributed by atoms with E-state index in [0.717, 1.165) is 4.31 Å². The van der Waals surface area contributed by atoms with E-state index < -0.39 is 22.5 Å². The van der Waals surface area contributed by atoms with E-state index in [1.165, 1.54) is 24.3 Å². The van der Waals surface area contributed by atoms with Crippen molar-refractivity contribution in [1.82, 2.24) is 5.32 Å². The molecule has 0 aromatic heterocycles. The molecule has 34 heavy (non-hydrogen) atoms. The highest BCUT2D eigenvalue weighted by atomic mass is 35.5. The van der Waals surface area contributed by atoms with E-state index in [9.17, 15) is 18.0 Å². The van der Waals surface area contributed by atoms with Crippen LogP contribution in [-0.4, -0.2) is 33.3 Å². The molecule has 0 unspecified atom stereocenters. The standard InChI is InChI=1S/C25H26ClN3O4S/c1-18(2)16-27-25(31)22-10-6-7-11-23(22)28-24(30)17-29(20-8-4-3-5-9-20)34(32,33)21-14-12-19(26)13-15-21/h3-15,18H,16-17H2,1-2H3,(H,27,31)(H,28,30). The number of hydrogen-bond acceptors (Lipinski definition) is 4. The second kappa shape index (κ2) is 11.2. The van der Waals surface area contributed by atoms with Gasteiger partial charge in [0.1, 0.15) is 6.54 Å². The summed E-state index contributed by atoms with van der Waals surface area (Å²) in [4.78, 5) is 25.6. The fourth-order valence-electron chi connectivity index (χ4n) is 3.15. The lowest BCUT2D eigenvalue weighted by atomic mass is 10.1. The fourth-order valence-corrected chi connectivity index (χ4v) is 4.69. The average molecular weight is 500 g/mol. The van der Waals surface area contributed by atoms with Gasteiger partial charge in [-0.05, 0) is 54.4 Å². The number of rotatable bonds is 9. The Morgan fingerprint density at radius 2 is 1.53 bits per heavy atom. The minimum absolute atomic E-state index is 0.00187. The van der Waals surface area contributed by atoms with Gasteiger partial charge >= 0.3 is 0 Å². The number of benzene rings is 3. The summed E-state index contributed by atoms with van der Waals surface area (Å²) in [6.07, 6.45) is 0. The maximum Gasteiger partial charge on any atom is 0.264 e. The highest BCUT2D eigenvalue weighted by Gasteiger charge is 2.27. The third-order valence-electron chi connectivity index (χ3n) is 4.85. The quantitative estimate of drug-likeness (QED) is 0.451. The first-order chi connectivity index (χ1) is 16.2. The minimum Gasteiger partial charge on any atom is -0.352 e. The van der Waals surface area contributed by atoms with Crippen LogP contribution in [0.3, 0.4) is 0 Å². The number of anilines is 2. The van der Waals surface area contributed by atoms with Crippen LogP contribution in [0.1, 0.15) is 24.2 Å². The minimum atomic E-state index is -4.07. The van der Waals surface area contributed by atoms with Crippen LogP contribution < -0.4 is 14.9 Å². The van der Waals surface area contributed by atoms with Crippen molar-refractivity contribution >= 4 is 44.8 Å². The number of carbonyl (C=O) groups is 2. The maximum atomic E-state index is 13.4. The van der Waals surface area contributed by atoms with Gasteiger partial charge in [-0.25, -0.2) is 8.42 Å². The Morgan fingerprint density at radius 1 is 0.912 bits per heavy atom. The molecular formula is C25H26ClN3O4S. The van der Waals surface area contributed by atoms with Crippen LogP contribution >= 0.6 is 11.6 Å². The molecule has 3 aromatic rings. The molecule has 0 saturated carbocycles. The van der Waals surface area contributed by atoms with Crippen LogP contribution in [0.5, 0.6) is 0 Å². The van der Waals surface area contributed by atoms with E-state index in [1.807, 2.05) is 13.8 Å². The predicted octanol–water partition coefficient (Wildman–Crippen LogP) is 4.56. The van der Waals surface area contributed by atoms with Crippen molar-refractivity contribution in [3.05, 3.63) is 89.4 Å². The Hall–Kier alpha value is -3.36. The van der Waals surface area contributed by atoms with Gasteiger partial charge in [0.15, 0.2) is 0 Å².